The van der Waals surface area contributed by atoms with Crippen LogP contribution in [-0.2, 0) is 11.2 Å². The van der Waals surface area contributed by atoms with E-state index in [-0.39, 0.29) is 36.4 Å². The highest BCUT2D eigenvalue weighted by atomic mass is 35.5. The van der Waals surface area contributed by atoms with Crippen LogP contribution in [0.1, 0.15) is 43.1 Å². The highest BCUT2D eigenvalue weighted by molar-refractivity contribution is 5.97. The molecule has 0 saturated heterocycles. The van der Waals surface area contributed by atoms with Crippen molar-refractivity contribution < 1.29 is 19.4 Å². The molecule has 0 radical (unpaired) electrons. The van der Waals surface area contributed by atoms with E-state index in [4.69, 9.17) is 14.9 Å². The molecule has 1 aromatic carbocycles. The summed E-state index contributed by atoms with van der Waals surface area (Å²) in [7, 11) is 0. The highest BCUT2D eigenvalue weighted by Crippen LogP contribution is 2.32. The maximum absolute atomic E-state index is 11.4. The lowest BCUT2D eigenvalue weighted by Crippen LogP contribution is -2.14. The van der Waals surface area contributed by atoms with Crippen molar-refractivity contribution in [2.75, 3.05) is 13.2 Å². The molecule has 0 aliphatic heterocycles. The van der Waals surface area contributed by atoms with Gasteiger partial charge in [0.15, 0.2) is 12.4 Å². The second kappa shape index (κ2) is 9.23. The molecular weight excluding hydrogens is 294 g/mol. The fraction of sp³-hybridized carbons (Fsp3) is 0.467. The average Bonchev–Trinajstić information content (AvgIpc) is 2.39. The quantitative estimate of drug-likeness (QED) is 0.459. The van der Waals surface area contributed by atoms with E-state index in [2.05, 4.69) is 0 Å². The van der Waals surface area contributed by atoms with Crippen LogP contribution in [0.25, 0.3) is 0 Å². The predicted octanol–water partition coefficient (Wildman–Crippen LogP) is 3.36. The Balaban J connectivity index is 0.00000400. The molecular formula is C15H22ClNO4. The topological polar surface area (TPSA) is 79.6 Å². The highest BCUT2D eigenvalue weighted by Gasteiger charge is 2.16. The molecule has 0 bridgehead atoms. The zero-order valence-corrected chi connectivity index (χ0v) is 13.4. The molecule has 6 heteroatoms. The number of rotatable bonds is 7. The van der Waals surface area contributed by atoms with Crippen molar-refractivity contribution in [2.24, 2.45) is 0 Å². The molecule has 5 nitrogen and oxygen atoms in total. The van der Waals surface area contributed by atoms with Gasteiger partial charge in [0.1, 0.15) is 11.5 Å². The third kappa shape index (κ3) is 5.27. The lowest BCUT2D eigenvalue weighted by molar-refractivity contribution is 0.101. The van der Waals surface area contributed by atoms with Crippen molar-refractivity contribution in [2.45, 2.75) is 33.6 Å². The Morgan fingerprint density at radius 2 is 2.00 bits per heavy atom. The van der Waals surface area contributed by atoms with Gasteiger partial charge in [-0.05, 0) is 32.4 Å². The van der Waals surface area contributed by atoms with Crippen LogP contribution in [0.3, 0.4) is 0 Å². The van der Waals surface area contributed by atoms with Crippen LogP contribution in [0, 0.1) is 5.41 Å². The van der Waals surface area contributed by atoms with Crippen LogP contribution >= 0.6 is 12.4 Å². The van der Waals surface area contributed by atoms with E-state index in [0.29, 0.717) is 29.9 Å². The van der Waals surface area contributed by atoms with E-state index in [0.717, 1.165) is 6.42 Å². The number of Topliss-reactive ketones (excluding diaryl/α,β-unsaturated/α-hetero) is 1. The standard InChI is InChI=1S/C15H21NO4.ClH/c1-4-6-12-13(20-9-14(16)19-5-2)8-7-11(10(3)17)15(12)18;/h7-8,16,18H,4-6,9H2,1-3H3;1H. The minimum absolute atomic E-state index is 0. The summed E-state index contributed by atoms with van der Waals surface area (Å²) in [5, 5.41) is 17.7. The smallest absolute Gasteiger partial charge is 0.219 e. The predicted molar refractivity (Wildman–Crippen MR) is 84.2 cm³/mol. The van der Waals surface area contributed by atoms with Gasteiger partial charge in [0.2, 0.25) is 5.90 Å². The number of aromatic hydroxyl groups is 1. The van der Waals surface area contributed by atoms with Gasteiger partial charge < -0.3 is 14.6 Å². The number of hydrogen-bond acceptors (Lipinski definition) is 5. The molecule has 0 atom stereocenters. The monoisotopic (exact) mass is 315 g/mol. The summed E-state index contributed by atoms with van der Waals surface area (Å²) in [4.78, 5) is 11.4. The molecule has 0 amide bonds. The molecule has 21 heavy (non-hydrogen) atoms. The zero-order chi connectivity index (χ0) is 15.1. The fourth-order valence-electron chi connectivity index (χ4n) is 1.89. The molecule has 0 unspecified atom stereocenters. The molecule has 0 spiro atoms. The molecule has 0 aromatic heterocycles. The molecule has 0 fully saturated rings. The molecule has 0 heterocycles. The Kier molecular flexibility index (Phi) is 8.47. The largest absolute Gasteiger partial charge is 0.507 e. The van der Waals surface area contributed by atoms with Crippen molar-refractivity contribution in [3.63, 3.8) is 0 Å². The van der Waals surface area contributed by atoms with Gasteiger partial charge >= 0.3 is 0 Å². The van der Waals surface area contributed by atoms with Crippen LogP contribution in [0.2, 0.25) is 0 Å². The van der Waals surface area contributed by atoms with Gasteiger partial charge in [-0.15, -0.1) is 12.4 Å². The summed E-state index contributed by atoms with van der Waals surface area (Å²) in [5.41, 5.74) is 0.894. The second-order valence-electron chi connectivity index (χ2n) is 4.39. The lowest BCUT2D eigenvalue weighted by Gasteiger charge is -2.14. The zero-order valence-electron chi connectivity index (χ0n) is 12.6. The van der Waals surface area contributed by atoms with Crippen LogP contribution < -0.4 is 4.74 Å². The Hall–Kier alpha value is -1.75. The Bertz CT molecular complexity index is 503. The molecule has 0 aliphatic carbocycles. The minimum atomic E-state index is -0.187. The summed E-state index contributed by atoms with van der Waals surface area (Å²) in [6.07, 6.45) is 1.42. The third-order valence-corrected chi connectivity index (χ3v) is 2.80. The summed E-state index contributed by atoms with van der Waals surface area (Å²) < 4.78 is 10.5. The molecule has 1 rings (SSSR count). The van der Waals surface area contributed by atoms with Gasteiger partial charge in [0.25, 0.3) is 0 Å². The number of halogens is 1. The van der Waals surface area contributed by atoms with Crippen molar-refractivity contribution >= 4 is 24.1 Å². The number of phenols is 1. The Labute approximate surface area is 131 Å². The van der Waals surface area contributed by atoms with Gasteiger partial charge in [-0.25, -0.2) is 0 Å². The average molecular weight is 316 g/mol. The van der Waals surface area contributed by atoms with Crippen LogP contribution in [0.5, 0.6) is 11.5 Å². The molecule has 118 valence electrons. The Morgan fingerprint density at radius 3 is 2.52 bits per heavy atom. The van der Waals surface area contributed by atoms with Crippen LogP contribution in [0.15, 0.2) is 12.1 Å². The summed E-state index contributed by atoms with van der Waals surface area (Å²) in [6, 6.07) is 3.19. The number of benzene rings is 1. The first kappa shape index (κ1) is 19.2. The normalized spacial score (nSPS) is 9.67. The number of phenolic OH excluding ortho intramolecular Hbond substituents is 1. The maximum Gasteiger partial charge on any atom is 0.219 e. The van der Waals surface area contributed by atoms with Gasteiger partial charge in [-0.1, -0.05) is 13.3 Å². The third-order valence-electron chi connectivity index (χ3n) is 2.80. The number of ether oxygens (including phenoxy) is 2. The molecule has 2 N–H and O–H groups in total. The summed E-state index contributed by atoms with van der Waals surface area (Å²) in [6.45, 7) is 5.61. The van der Waals surface area contributed by atoms with Crippen LogP contribution in [-0.4, -0.2) is 30.0 Å². The maximum atomic E-state index is 11.4. The Morgan fingerprint density at radius 1 is 1.33 bits per heavy atom. The van der Waals surface area contributed by atoms with Crippen molar-refractivity contribution in [1.29, 1.82) is 5.41 Å². The lowest BCUT2D eigenvalue weighted by atomic mass is 10.0. The first-order chi connectivity index (χ1) is 9.51. The molecule has 1 aromatic rings. The number of hydrogen-bond donors (Lipinski definition) is 2. The summed E-state index contributed by atoms with van der Waals surface area (Å²) >= 11 is 0. The van der Waals surface area contributed by atoms with Crippen molar-refractivity contribution in [3.8, 4) is 11.5 Å². The van der Waals surface area contributed by atoms with Gasteiger partial charge in [0.05, 0.1) is 12.2 Å². The van der Waals surface area contributed by atoms with Gasteiger partial charge in [0, 0.05) is 5.56 Å². The van der Waals surface area contributed by atoms with E-state index in [1.165, 1.54) is 13.0 Å². The van der Waals surface area contributed by atoms with E-state index >= 15 is 0 Å². The van der Waals surface area contributed by atoms with E-state index < -0.39 is 0 Å². The minimum Gasteiger partial charge on any atom is -0.507 e. The van der Waals surface area contributed by atoms with Crippen molar-refractivity contribution in [1.82, 2.24) is 0 Å². The van der Waals surface area contributed by atoms with E-state index in [9.17, 15) is 9.90 Å². The number of carbonyl (C=O) groups is 1. The SMILES string of the molecule is CCCc1c(OCC(=N)OCC)ccc(C(C)=O)c1O.Cl. The first-order valence-electron chi connectivity index (χ1n) is 6.70. The molecule has 0 aliphatic rings. The number of ketones is 1. The van der Waals surface area contributed by atoms with Crippen molar-refractivity contribution in [3.05, 3.63) is 23.3 Å². The molecule has 0 saturated carbocycles. The fourth-order valence-corrected chi connectivity index (χ4v) is 1.89. The van der Waals surface area contributed by atoms with E-state index in [1.807, 2.05) is 6.92 Å². The van der Waals surface area contributed by atoms with Crippen LogP contribution in [0.4, 0.5) is 0 Å². The summed E-state index contributed by atoms with van der Waals surface area (Å²) in [5.74, 6) is 0.303. The van der Waals surface area contributed by atoms with Gasteiger partial charge in [-0.3, -0.25) is 10.2 Å². The van der Waals surface area contributed by atoms with Gasteiger partial charge in [-0.2, -0.15) is 0 Å². The first-order valence-corrected chi connectivity index (χ1v) is 6.70. The van der Waals surface area contributed by atoms with E-state index in [1.54, 1.807) is 13.0 Å². The second-order valence-corrected chi connectivity index (χ2v) is 4.39. The number of carbonyl (C=O) groups excluding carboxylic acids is 1. The number of nitrogens with one attached hydrogen (secondary N) is 1.